The summed E-state index contributed by atoms with van der Waals surface area (Å²) in [6, 6.07) is 5.43. The number of amides is 2. The molecule has 0 aliphatic carbocycles. The highest BCUT2D eigenvalue weighted by atomic mass is 35.5. The molecule has 2 atom stereocenters. The van der Waals surface area contributed by atoms with Gasteiger partial charge in [0.15, 0.2) is 0 Å². The van der Waals surface area contributed by atoms with Gasteiger partial charge in [-0.05, 0) is 73.8 Å². The molecule has 0 saturated carbocycles. The summed E-state index contributed by atoms with van der Waals surface area (Å²) < 4.78 is 5.59. The van der Waals surface area contributed by atoms with Crippen molar-refractivity contribution in [2.24, 2.45) is 0 Å². The molecule has 3 aliphatic heterocycles. The molecule has 0 spiro atoms. The van der Waals surface area contributed by atoms with Gasteiger partial charge in [0.25, 0.3) is 0 Å². The van der Waals surface area contributed by atoms with E-state index in [-0.39, 0.29) is 17.9 Å². The van der Waals surface area contributed by atoms with Crippen LogP contribution in [-0.4, -0.2) is 41.0 Å². The van der Waals surface area contributed by atoms with Gasteiger partial charge in [-0.1, -0.05) is 48.2 Å². The normalized spacial score (nSPS) is 24.7. The van der Waals surface area contributed by atoms with Crippen LogP contribution in [0.15, 0.2) is 52.6 Å². The molecule has 2 amide bonds. The van der Waals surface area contributed by atoms with Crippen LogP contribution in [0.25, 0.3) is 0 Å². The van der Waals surface area contributed by atoms with Crippen LogP contribution in [-0.2, 0) is 14.9 Å². The van der Waals surface area contributed by atoms with E-state index in [1.165, 1.54) is 0 Å². The van der Waals surface area contributed by atoms with Gasteiger partial charge >= 0.3 is 6.09 Å². The van der Waals surface area contributed by atoms with Crippen LogP contribution in [0, 0.1) is 0 Å². The third kappa shape index (κ3) is 4.78. The van der Waals surface area contributed by atoms with Gasteiger partial charge in [-0.2, -0.15) is 0 Å². The molecule has 2 unspecified atom stereocenters. The fraction of sp³-hybridized carbons (Fsp3) is 0.440. The molecule has 0 saturated heterocycles. The van der Waals surface area contributed by atoms with Crippen molar-refractivity contribution in [3.8, 4) is 0 Å². The van der Waals surface area contributed by atoms with Gasteiger partial charge < -0.3 is 10.1 Å². The van der Waals surface area contributed by atoms with Crippen molar-refractivity contribution in [2.75, 3.05) is 11.9 Å². The number of carbonyl (C=O) groups is 2. The lowest BCUT2D eigenvalue weighted by molar-refractivity contribution is -0.119. The number of anilines is 1. The summed E-state index contributed by atoms with van der Waals surface area (Å²) in [4.78, 5) is 28.8. The molecule has 180 valence electrons. The zero-order valence-electron chi connectivity index (χ0n) is 19.8. The quantitative estimate of drug-likeness (QED) is 0.355. The predicted octanol–water partition coefficient (Wildman–Crippen LogP) is 6.71. The van der Waals surface area contributed by atoms with E-state index in [4.69, 9.17) is 39.5 Å². The average Bonchev–Trinajstić information content (AvgIpc) is 3.02. The minimum Gasteiger partial charge on any atom is -0.443 e. The SMILES string of the molecule is CB1C(Cl)=CC(CC2(C3=CN(C(=O)OC(C)(C)C)CCC3)C(=O)Nc3cc(Cl)ccc32)=CC1Cl. The molecule has 0 aromatic heterocycles. The molecule has 5 nitrogen and oxygen atoms in total. The third-order valence-corrected chi connectivity index (χ3v) is 7.68. The maximum absolute atomic E-state index is 13.7. The van der Waals surface area contributed by atoms with Crippen molar-refractivity contribution < 1.29 is 14.3 Å². The highest BCUT2D eigenvalue weighted by Gasteiger charge is 2.51. The van der Waals surface area contributed by atoms with Crippen molar-refractivity contribution in [1.29, 1.82) is 0 Å². The zero-order chi connectivity index (χ0) is 24.8. The van der Waals surface area contributed by atoms with Crippen molar-refractivity contribution in [3.05, 3.63) is 63.2 Å². The molecule has 1 aromatic rings. The van der Waals surface area contributed by atoms with Gasteiger partial charge in [-0.25, -0.2) is 4.79 Å². The summed E-state index contributed by atoms with van der Waals surface area (Å²) in [5.41, 5.74) is 1.60. The molecule has 1 aromatic carbocycles. The van der Waals surface area contributed by atoms with Crippen molar-refractivity contribution in [1.82, 2.24) is 4.90 Å². The van der Waals surface area contributed by atoms with Crippen LogP contribution in [0.2, 0.25) is 11.8 Å². The molecule has 3 heterocycles. The van der Waals surface area contributed by atoms with Gasteiger partial charge in [-0.3, -0.25) is 9.69 Å². The number of benzene rings is 1. The Labute approximate surface area is 216 Å². The van der Waals surface area contributed by atoms with Gasteiger partial charge in [0, 0.05) is 28.7 Å². The molecule has 9 heteroatoms. The monoisotopic (exact) mass is 520 g/mol. The number of alkyl halides is 1. The molecule has 4 rings (SSSR count). The van der Waals surface area contributed by atoms with Crippen LogP contribution in [0.1, 0.15) is 45.6 Å². The van der Waals surface area contributed by atoms with Crippen LogP contribution in [0.3, 0.4) is 0 Å². The Balaban J connectivity index is 1.81. The Morgan fingerprint density at radius 3 is 2.74 bits per heavy atom. The van der Waals surface area contributed by atoms with E-state index in [1.807, 2.05) is 45.8 Å². The number of fused-ring (bicyclic) bond motifs is 1. The van der Waals surface area contributed by atoms with E-state index >= 15 is 0 Å². The molecule has 1 N–H and O–H groups in total. The zero-order valence-corrected chi connectivity index (χ0v) is 22.0. The second-order valence-electron chi connectivity index (χ2n) is 10.2. The summed E-state index contributed by atoms with van der Waals surface area (Å²) >= 11 is 19.3. The minimum absolute atomic E-state index is 0.00286. The summed E-state index contributed by atoms with van der Waals surface area (Å²) in [5.74, 6) is -0.155. The number of halogens is 3. The van der Waals surface area contributed by atoms with Crippen LogP contribution in [0.4, 0.5) is 10.5 Å². The molecule has 34 heavy (non-hydrogen) atoms. The lowest BCUT2D eigenvalue weighted by Gasteiger charge is -2.37. The van der Waals surface area contributed by atoms with E-state index in [1.54, 1.807) is 23.2 Å². The van der Waals surface area contributed by atoms with Gasteiger partial charge in [0.1, 0.15) is 11.0 Å². The Bertz CT molecular complexity index is 1120. The number of nitrogens with zero attached hydrogens (tertiary/aromatic N) is 1. The highest BCUT2D eigenvalue weighted by Crippen LogP contribution is 2.50. The second kappa shape index (κ2) is 9.29. The Kier molecular flexibility index (Phi) is 6.89. The molecule has 0 radical (unpaired) electrons. The number of allylic oxidation sites excluding steroid dienone is 3. The first-order chi connectivity index (χ1) is 15.9. The summed E-state index contributed by atoms with van der Waals surface area (Å²) in [5, 5.41) is 3.29. The molecule has 3 aliphatic rings. The minimum atomic E-state index is -1.02. The van der Waals surface area contributed by atoms with Crippen molar-refractivity contribution in [2.45, 2.75) is 63.1 Å². The van der Waals surface area contributed by atoms with Crippen LogP contribution >= 0.6 is 34.8 Å². The number of rotatable bonds is 3. The lowest BCUT2D eigenvalue weighted by atomic mass is 9.47. The van der Waals surface area contributed by atoms with E-state index in [9.17, 15) is 9.59 Å². The van der Waals surface area contributed by atoms with Gasteiger partial charge in [-0.15, -0.1) is 11.6 Å². The maximum Gasteiger partial charge on any atom is 0.414 e. The lowest BCUT2D eigenvalue weighted by Crippen LogP contribution is -2.42. The van der Waals surface area contributed by atoms with Gasteiger partial charge in [0.05, 0.1) is 0 Å². The fourth-order valence-corrected chi connectivity index (χ4v) is 5.58. The average molecular weight is 522 g/mol. The Morgan fingerprint density at radius 2 is 2.06 bits per heavy atom. The fourth-order valence-electron chi connectivity index (χ4n) is 4.77. The van der Waals surface area contributed by atoms with Crippen LogP contribution in [0.5, 0.6) is 0 Å². The van der Waals surface area contributed by atoms with E-state index in [2.05, 4.69) is 5.32 Å². The highest BCUT2D eigenvalue weighted by molar-refractivity contribution is 6.84. The number of nitrogens with one attached hydrogen (secondary N) is 1. The molecule has 0 bridgehead atoms. The largest absolute Gasteiger partial charge is 0.443 e. The summed E-state index contributed by atoms with van der Waals surface area (Å²) in [6.45, 7) is 8.01. The second-order valence-corrected chi connectivity index (χ2v) is 11.5. The standard InChI is InChI=1S/C25H28BCl3N2O3/c1-24(2,3)34-23(33)31-9-5-6-16(14-31)25(13-15-10-20(28)26(4)21(29)11-15)18-8-7-17(27)12-19(18)30-22(25)32/h7-8,10-12,14,20H,5-6,9,13H2,1-4H3,(H,30,32). The summed E-state index contributed by atoms with van der Waals surface area (Å²) in [6.07, 6.45) is 6.99. The van der Waals surface area contributed by atoms with Gasteiger partial charge in [0.2, 0.25) is 12.6 Å². The topological polar surface area (TPSA) is 58.6 Å². The smallest absolute Gasteiger partial charge is 0.414 e. The van der Waals surface area contributed by atoms with Crippen molar-refractivity contribution >= 4 is 59.2 Å². The Hall–Kier alpha value is -1.89. The van der Waals surface area contributed by atoms with Crippen LogP contribution < -0.4 is 5.32 Å². The first-order valence-electron chi connectivity index (χ1n) is 11.4. The van der Waals surface area contributed by atoms with E-state index in [0.717, 1.165) is 16.7 Å². The first-order valence-corrected chi connectivity index (χ1v) is 12.6. The van der Waals surface area contributed by atoms with Crippen molar-refractivity contribution in [3.63, 3.8) is 0 Å². The third-order valence-electron chi connectivity index (χ3n) is 6.49. The number of hydrogen-bond acceptors (Lipinski definition) is 3. The van der Waals surface area contributed by atoms with E-state index < -0.39 is 17.1 Å². The molecular formula is C25H28BCl3N2O3. The number of ether oxygens (including phenoxy) is 1. The molecule has 0 fully saturated rings. The number of carbonyl (C=O) groups excluding carboxylic acids is 2. The summed E-state index contributed by atoms with van der Waals surface area (Å²) in [7, 11) is 0. The molecular weight excluding hydrogens is 493 g/mol. The maximum atomic E-state index is 13.7. The Morgan fingerprint density at radius 1 is 1.32 bits per heavy atom. The predicted molar refractivity (Wildman–Crippen MR) is 140 cm³/mol. The van der Waals surface area contributed by atoms with E-state index in [0.29, 0.717) is 41.4 Å². The number of hydrogen-bond donors (Lipinski definition) is 1. The first kappa shape index (κ1) is 25.2.